The van der Waals surface area contributed by atoms with E-state index < -0.39 is 28.5 Å². The van der Waals surface area contributed by atoms with E-state index in [0.29, 0.717) is 5.75 Å². The number of sulfonamides is 1. The molecular weight excluding hydrogens is 478 g/mol. The van der Waals surface area contributed by atoms with Crippen molar-refractivity contribution in [1.82, 2.24) is 10.2 Å². The van der Waals surface area contributed by atoms with Crippen molar-refractivity contribution in [3.05, 3.63) is 90.0 Å². The number of amides is 2. The summed E-state index contributed by atoms with van der Waals surface area (Å²) >= 11 is 0. The number of hydrogen-bond donors (Lipinski definition) is 1. The Morgan fingerprint density at radius 2 is 1.56 bits per heavy atom. The number of rotatable bonds is 10. The molecule has 36 heavy (non-hydrogen) atoms. The maximum atomic E-state index is 13.8. The van der Waals surface area contributed by atoms with Crippen LogP contribution in [0.25, 0.3) is 0 Å². The summed E-state index contributed by atoms with van der Waals surface area (Å²) in [5, 5.41) is 2.57. The third kappa shape index (κ3) is 6.04. The van der Waals surface area contributed by atoms with E-state index in [4.69, 9.17) is 4.74 Å². The molecule has 0 saturated carbocycles. The van der Waals surface area contributed by atoms with Gasteiger partial charge in [0.25, 0.3) is 10.0 Å². The highest BCUT2D eigenvalue weighted by molar-refractivity contribution is 7.92. The van der Waals surface area contributed by atoms with Gasteiger partial charge in [0.15, 0.2) is 0 Å². The lowest BCUT2D eigenvalue weighted by atomic mass is 10.1. The molecule has 0 spiro atoms. The quantitative estimate of drug-likeness (QED) is 0.452. The molecule has 1 unspecified atom stereocenters. The average molecular weight is 510 g/mol. The smallest absolute Gasteiger partial charge is 0.264 e. The van der Waals surface area contributed by atoms with Crippen molar-refractivity contribution in [2.75, 3.05) is 25.0 Å². The molecule has 0 aliphatic rings. The zero-order chi connectivity index (χ0) is 26.3. The number of benzene rings is 3. The molecule has 0 aliphatic heterocycles. The van der Waals surface area contributed by atoms with Crippen molar-refractivity contribution < 1.29 is 22.7 Å². The number of carbonyl (C=O) groups is 2. The molecule has 8 nitrogen and oxygen atoms in total. The minimum atomic E-state index is -4.15. The monoisotopic (exact) mass is 509 g/mol. The highest BCUT2D eigenvalue weighted by Crippen LogP contribution is 2.32. The van der Waals surface area contributed by atoms with Crippen molar-refractivity contribution >= 4 is 27.5 Å². The van der Waals surface area contributed by atoms with Gasteiger partial charge in [-0.2, -0.15) is 0 Å². The number of carbonyl (C=O) groups excluding carboxylic acids is 2. The van der Waals surface area contributed by atoms with Gasteiger partial charge in [-0.05, 0) is 43.7 Å². The molecule has 0 fully saturated rings. The van der Waals surface area contributed by atoms with Crippen LogP contribution in [0.5, 0.6) is 5.75 Å². The molecule has 9 heteroatoms. The van der Waals surface area contributed by atoms with Gasteiger partial charge in [-0.25, -0.2) is 8.42 Å². The molecule has 0 saturated heterocycles. The topological polar surface area (TPSA) is 96.0 Å². The third-order valence-electron chi connectivity index (χ3n) is 5.85. The molecule has 3 aromatic rings. The first kappa shape index (κ1) is 26.7. The van der Waals surface area contributed by atoms with Gasteiger partial charge in [0, 0.05) is 13.6 Å². The maximum absolute atomic E-state index is 13.8. The van der Waals surface area contributed by atoms with Crippen LogP contribution in [0.15, 0.2) is 83.8 Å². The van der Waals surface area contributed by atoms with Gasteiger partial charge in [-0.1, -0.05) is 60.2 Å². The first-order valence-electron chi connectivity index (χ1n) is 11.5. The van der Waals surface area contributed by atoms with Crippen LogP contribution in [0.4, 0.5) is 5.69 Å². The molecule has 0 bridgehead atoms. The van der Waals surface area contributed by atoms with Gasteiger partial charge in [0.1, 0.15) is 18.3 Å². The lowest BCUT2D eigenvalue weighted by molar-refractivity contribution is -0.139. The fourth-order valence-electron chi connectivity index (χ4n) is 3.76. The van der Waals surface area contributed by atoms with Crippen LogP contribution < -0.4 is 14.4 Å². The van der Waals surface area contributed by atoms with Crippen LogP contribution in [-0.4, -0.2) is 51.9 Å². The summed E-state index contributed by atoms with van der Waals surface area (Å²) in [6, 6.07) is 21.4. The number of para-hydroxylation sites is 2. The van der Waals surface area contributed by atoms with Gasteiger partial charge in [0.2, 0.25) is 11.8 Å². The third-order valence-corrected chi connectivity index (χ3v) is 7.63. The molecule has 190 valence electrons. The molecule has 1 atom stereocenters. The van der Waals surface area contributed by atoms with Crippen molar-refractivity contribution in [3.63, 3.8) is 0 Å². The predicted molar refractivity (Wildman–Crippen MR) is 139 cm³/mol. The summed E-state index contributed by atoms with van der Waals surface area (Å²) in [4.78, 5) is 27.6. The molecule has 3 rings (SSSR count). The van der Waals surface area contributed by atoms with Crippen LogP contribution in [0.1, 0.15) is 18.1 Å². The van der Waals surface area contributed by atoms with Gasteiger partial charge < -0.3 is 15.0 Å². The fourth-order valence-corrected chi connectivity index (χ4v) is 5.18. The highest BCUT2D eigenvalue weighted by atomic mass is 32.2. The Kier molecular flexibility index (Phi) is 8.71. The van der Waals surface area contributed by atoms with E-state index in [9.17, 15) is 18.0 Å². The van der Waals surface area contributed by atoms with Crippen LogP contribution in [0.3, 0.4) is 0 Å². The maximum Gasteiger partial charge on any atom is 0.264 e. The second-order valence-electron chi connectivity index (χ2n) is 8.29. The van der Waals surface area contributed by atoms with E-state index in [2.05, 4.69) is 5.32 Å². The number of nitrogens with one attached hydrogen (secondary N) is 1. The van der Waals surface area contributed by atoms with E-state index in [0.717, 1.165) is 15.4 Å². The molecule has 0 aromatic heterocycles. The van der Waals surface area contributed by atoms with E-state index >= 15 is 0 Å². The van der Waals surface area contributed by atoms with Crippen LogP contribution >= 0.6 is 0 Å². The van der Waals surface area contributed by atoms with Crippen molar-refractivity contribution in [3.8, 4) is 5.75 Å². The number of ether oxygens (including phenoxy) is 1. The summed E-state index contributed by atoms with van der Waals surface area (Å²) in [7, 11) is -1.22. The molecule has 3 aromatic carbocycles. The average Bonchev–Trinajstić information content (AvgIpc) is 2.90. The lowest BCUT2D eigenvalue weighted by Gasteiger charge is -2.32. The summed E-state index contributed by atoms with van der Waals surface area (Å²) < 4.78 is 34.1. The summed E-state index contributed by atoms with van der Waals surface area (Å²) in [6.07, 6.45) is 0. The van der Waals surface area contributed by atoms with Crippen molar-refractivity contribution in [2.24, 2.45) is 0 Å². The molecule has 0 radical (unpaired) electrons. The fraction of sp³-hybridized carbons (Fsp3) is 0.259. The van der Waals surface area contributed by atoms with Crippen LogP contribution in [0.2, 0.25) is 0 Å². The Hall–Kier alpha value is -3.85. The van der Waals surface area contributed by atoms with E-state index in [1.54, 1.807) is 43.3 Å². The van der Waals surface area contributed by atoms with Crippen molar-refractivity contribution in [1.29, 1.82) is 0 Å². The lowest BCUT2D eigenvalue weighted by Crippen LogP contribution is -2.50. The zero-order valence-electron chi connectivity index (χ0n) is 20.8. The summed E-state index contributed by atoms with van der Waals surface area (Å²) in [6.45, 7) is 3.09. The Bertz CT molecular complexity index is 1290. The van der Waals surface area contributed by atoms with Crippen LogP contribution in [-0.2, 0) is 26.2 Å². The number of aryl methyl sites for hydroxylation is 1. The Labute approximate surface area is 212 Å². The molecule has 2 amide bonds. The number of nitrogens with zero attached hydrogens (tertiary/aromatic N) is 2. The molecule has 0 heterocycles. The summed E-state index contributed by atoms with van der Waals surface area (Å²) in [5.41, 5.74) is 1.94. The standard InChI is InChI=1S/C27H31N3O5S/c1-20-14-16-23(17-15-20)36(33,34)30(24-12-8-9-13-25(24)35-4)19-26(31)29(21(2)27(32)28-3)18-22-10-6-5-7-11-22/h5-17,21H,18-19H2,1-4H3,(H,28,32). The Morgan fingerprint density at radius 1 is 0.944 bits per heavy atom. The Balaban J connectivity index is 2.06. The first-order valence-corrected chi connectivity index (χ1v) is 12.9. The SMILES string of the molecule is CNC(=O)C(C)N(Cc1ccccc1)C(=O)CN(c1ccccc1OC)S(=O)(=O)c1ccc(C)cc1. The minimum absolute atomic E-state index is 0.0424. The van der Waals surface area contributed by atoms with Crippen molar-refractivity contribution in [2.45, 2.75) is 31.3 Å². The minimum Gasteiger partial charge on any atom is -0.495 e. The second-order valence-corrected chi connectivity index (χ2v) is 10.2. The summed E-state index contributed by atoms with van der Waals surface area (Å²) in [5.74, 6) is -0.587. The highest BCUT2D eigenvalue weighted by Gasteiger charge is 2.33. The second kappa shape index (κ2) is 11.7. The number of hydrogen-bond acceptors (Lipinski definition) is 5. The van der Waals surface area contributed by atoms with E-state index in [1.165, 1.54) is 31.2 Å². The molecule has 1 N–H and O–H groups in total. The largest absolute Gasteiger partial charge is 0.495 e. The predicted octanol–water partition coefficient (Wildman–Crippen LogP) is 3.36. The first-order chi connectivity index (χ1) is 17.2. The number of likely N-dealkylation sites (N-methyl/N-ethyl adjacent to an activating group) is 1. The van der Waals surface area contributed by atoms with Gasteiger partial charge >= 0.3 is 0 Å². The molecule has 0 aliphatic carbocycles. The molecular formula is C27H31N3O5S. The number of anilines is 1. The zero-order valence-corrected chi connectivity index (χ0v) is 21.7. The van der Waals surface area contributed by atoms with Gasteiger partial charge in [-0.15, -0.1) is 0 Å². The normalized spacial score (nSPS) is 11.9. The van der Waals surface area contributed by atoms with Gasteiger partial charge in [0.05, 0.1) is 17.7 Å². The Morgan fingerprint density at radius 3 is 2.17 bits per heavy atom. The van der Waals surface area contributed by atoms with E-state index in [1.807, 2.05) is 37.3 Å². The number of methoxy groups -OCH3 is 1. The van der Waals surface area contributed by atoms with E-state index in [-0.39, 0.29) is 23.0 Å². The van der Waals surface area contributed by atoms with Crippen LogP contribution in [0, 0.1) is 6.92 Å². The van der Waals surface area contributed by atoms with Gasteiger partial charge in [-0.3, -0.25) is 13.9 Å².